The molecule has 5 heteroatoms. The van der Waals surface area contributed by atoms with Gasteiger partial charge in [0.2, 0.25) is 0 Å². The number of halogens is 1. The lowest BCUT2D eigenvalue weighted by atomic mass is 10.1. The zero-order valence-electron chi connectivity index (χ0n) is 15.6. The van der Waals surface area contributed by atoms with Crippen LogP contribution in [0.4, 0.5) is 0 Å². The minimum absolute atomic E-state index is 0.501. The molecule has 0 spiro atoms. The lowest BCUT2D eigenvalue weighted by Gasteiger charge is -2.15. The van der Waals surface area contributed by atoms with Gasteiger partial charge in [-0.05, 0) is 58.5 Å². The van der Waals surface area contributed by atoms with Gasteiger partial charge in [0.15, 0.2) is 0 Å². The number of benzene rings is 2. The second-order valence-corrected chi connectivity index (χ2v) is 14.5. The smallest absolute Gasteiger partial charge is 0.140 e. The van der Waals surface area contributed by atoms with Crippen molar-refractivity contribution in [2.45, 2.75) is 32.4 Å². The zero-order chi connectivity index (χ0) is 18.6. The molecule has 1 heterocycles. The number of ether oxygens (including phenoxy) is 1. The number of hydrogen-bond donors (Lipinski definition) is 0. The van der Waals surface area contributed by atoms with Gasteiger partial charge in [0, 0.05) is 23.6 Å². The van der Waals surface area contributed by atoms with Crippen molar-refractivity contribution in [1.82, 2.24) is 9.78 Å². The molecule has 0 bridgehead atoms. The Kier molecular flexibility index (Phi) is 6.32. The summed E-state index contributed by atoms with van der Waals surface area (Å²) in [7, 11) is -1.07. The fourth-order valence-corrected chi connectivity index (χ4v) is 3.91. The van der Waals surface area contributed by atoms with Crippen LogP contribution in [0.1, 0.15) is 11.3 Å². The third-order valence-electron chi connectivity index (χ3n) is 4.18. The van der Waals surface area contributed by atoms with E-state index in [-0.39, 0.29) is 0 Å². The molecule has 3 aromatic rings. The van der Waals surface area contributed by atoms with Crippen LogP contribution in [-0.4, -0.2) is 24.5 Å². The molecule has 0 aliphatic rings. The second-order valence-electron chi connectivity index (χ2n) is 7.64. The fraction of sp³-hybridized carbons (Fsp3) is 0.286. The van der Waals surface area contributed by atoms with Crippen LogP contribution in [-0.2, 0) is 11.5 Å². The lowest BCUT2D eigenvalue weighted by molar-refractivity contribution is 0.0816. The van der Waals surface area contributed by atoms with Gasteiger partial charge < -0.3 is 4.74 Å². The van der Waals surface area contributed by atoms with Crippen molar-refractivity contribution < 1.29 is 4.74 Å². The van der Waals surface area contributed by atoms with Crippen LogP contribution >= 0.6 is 22.6 Å². The summed E-state index contributed by atoms with van der Waals surface area (Å²) in [6, 6.07) is 17.9. The molecule has 0 saturated carbocycles. The Labute approximate surface area is 170 Å². The van der Waals surface area contributed by atoms with Crippen molar-refractivity contribution in [2.75, 3.05) is 6.61 Å². The second kappa shape index (κ2) is 8.50. The van der Waals surface area contributed by atoms with Gasteiger partial charge in [0.05, 0.1) is 11.2 Å². The van der Waals surface area contributed by atoms with Crippen LogP contribution in [0.2, 0.25) is 25.7 Å². The molecule has 3 nitrogen and oxygen atoms in total. The van der Waals surface area contributed by atoms with Crippen LogP contribution in [0.25, 0.3) is 23.1 Å². The van der Waals surface area contributed by atoms with E-state index >= 15 is 0 Å². The Morgan fingerprint density at radius 1 is 1.08 bits per heavy atom. The first-order chi connectivity index (χ1) is 12.4. The predicted octanol–water partition coefficient (Wildman–Crippen LogP) is 6.12. The Bertz CT molecular complexity index is 898. The standard InChI is InChI=1S/C21H25IN2OSi/c1-26(2,3)14-13-25-16-24-21-12-10-18(22)15-19(21)20(23-24)11-9-17-7-5-4-6-8-17/h4-12,15H,13-14,16H2,1-3H3/b11-9+. The highest BCUT2D eigenvalue weighted by molar-refractivity contribution is 14.1. The van der Waals surface area contributed by atoms with E-state index in [0.29, 0.717) is 6.73 Å². The van der Waals surface area contributed by atoms with E-state index in [1.807, 2.05) is 22.9 Å². The Hall–Kier alpha value is -1.44. The first kappa shape index (κ1) is 19.3. The molecular formula is C21H25IN2OSi. The van der Waals surface area contributed by atoms with E-state index in [9.17, 15) is 0 Å². The lowest BCUT2D eigenvalue weighted by Crippen LogP contribution is -2.22. The molecule has 0 amide bonds. The highest BCUT2D eigenvalue weighted by Gasteiger charge is 2.13. The molecular weight excluding hydrogens is 451 g/mol. The van der Waals surface area contributed by atoms with Crippen LogP contribution < -0.4 is 0 Å². The number of aromatic nitrogens is 2. The molecule has 0 aliphatic heterocycles. The van der Waals surface area contributed by atoms with Gasteiger partial charge in [-0.1, -0.05) is 56.0 Å². The number of nitrogens with zero attached hydrogens (tertiary/aromatic N) is 2. The van der Waals surface area contributed by atoms with Crippen LogP contribution in [0, 0.1) is 3.57 Å². The Balaban J connectivity index is 1.82. The monoisotopic (exact) mass is 476 g/mol. The summed E-state index contributed by atoms with van der Waals surface area (Å²) in [5.74, 6) is 0. The first-order valence-electron chi connectivity index (χ1n) is 8.89. The summed E-state index contributed by atoms with van der Waals surface area (Å²) < 4.78 is 9.10. The van der Waals surface area contributed by atoms with Crippen molar-refractivity contribution in [3.63, 3.8) is 0 Å². The molecule has 26 heavy (non-hydrogen) atoms. The van der Waals surface area contributed by atoms with E-state index in [1.54, 1.807) is 0 Å². The van der Waals surface area contributed by atoms with Crippen molar-refractivity contribution in [2.24, 2.45) is 0 Å². The average molecular weight is 476 g/mol. The molecule has 0 aliphatic carbocycles. The zero-order valence-corrected chi connectivity index (χ0v) is 18.7. The molecule has 136 valence electrons. The summed E-state index contributed by atoms with van der Waals surface area (Å²) in [4.78, 5) is 0. The molecule has 0 unspecified atom stereocenters. The Morgan fingerprint density at radius 3 is 2.58 bits per heavy atom. The maximum Gasteiger partial charge on any atom is 0.140 e. The SMILES string of the molecule is C[Si](C)(C)CCOCn1nc(/C=C/c2ccccc2)c2cc(I)ccc21. The van der Waals surface area contributed by atoms with Crippen molar-refractivity contribution in [3.05, 3.63) is 63.4 Å². The van der Waals surface area contributed by atoms with Crippen molar-refractivity contribution >= 4 is 53.7 Å². The molecule has 1 aromatic heterocycles. The molecule has 0 radical (unpaired) electrons. The fourth-order valence-electron chi connectivity index (χ4n) is 2.67. The minimum Gasteiger partial charge on any atom is -0.360 e. The number of hydrogen-bond acceptors (Lipinski definition) is 2. The summed E-state index contributed by atoms with van der Waals surface area (Å²) in [6.45, 7) is 8.41. The summed E-state index contributed by atoms with van der Waals surface area (Å²) in [6.07, 6.45) is 4.20. The average Bonchev–Trinajstić information content (AvgIpc) is 2.94. The molecule has 0 atom stereocenters. The van der Waals surface area contributed by atoms with Gasteiger partial charge >= 0.3 is 0 Å². The van der Waals surface area contributed by atoms with Gasteiger partial charge in [-0.15, -0.1) is 0 Å². The van der Waals surface area contributed by atoms with E-state index in [2.05, 4.69) is 84.7 Å². The summed E-state index contributed by atoms with van der Waals surface area (Å²) in [5, 5.41) is 5.96. The third kappa shape index (κ3) is 5.28. The van der Waals surface area contributed by atoms with E-state index in [0.717, 1.165) is 23.2 Å². The van der Waals surface area contributed by atoms with Crippen molar-refractivity contribution in [1.29, 1.82) is 0 Å². The molecule has 0 saturated heterocycles. The molecule has 0 N–H and O–H groups in total. The van der Waals surface area contributed by atoms with Crippen molar-refractivity contribution in [3.8, 4) is 0 Å². The van der Waals surface area contributed by atoms with Gasteiger partial charge in [-0.2, -0.15) is 5.10 Å². The van der Waals surface area contributed by atoms with E-state index in [1.165, 1.54) is 15.2 Å². The first-order valence-corrected chi connectivity index (χ1v) is 13.7. The van der Waals surface area contributed by atoms with E-state index < -0.39 is 8.07 Å². The maximum absolute atomic E-state index is 5.92. The largest absolute Gasteiger partial charge is 0.360 e. The van der Waals surface area contributed by atoms with Crippen LogP contribution in [0.3, 0.4) is 0 Å². The molecule has 3 rings (SSSR count). The summed E-state index contributed by atoms with van der Waals surface area (Å²) >= 11 is 2.35. The Morgan fingerprint density at radius 2 is 1.85 bits per heavy atom. The highest BCUT2D eigenvalue weighted by atomic mass is 127. The highest BCUT2D eigenvalue weighted by Crippen LogP contribution is 2.23. The van der Waals surface area contributed by atoms with Gasteiger partial charge in [0.25, 0.3) is 0 Å². The number of rotatable bonds is 7. The van der Waals surface area contributed by atoms with E-state index in [4.69, 9.17) is 9.84 Å². The quantitative estimate of drug-likeness (QED) is 0.233. The van der Waals surface area contributed by atoms with Crippen LogP contribution in [0.15, 0.2) is 48.5 Å². The topological polar surface area (TPSA) is 27.1 Å². The van der Waals surface area contributed by atoms with Gasteiger partial charge in [-0.3, -0.25) is 0 Å². The summed E-state index contributed by atoms with van der Waals surface area (Å²) in [5.41, 5.74) is 3.27. The maximum atomic E-state index is 5.92. The number of fused-ring (bicyclic) bond motifs is 1. The van der Waals surface area contributed by atoms with Gasteiger partial charge in [0.1, 0.15) is 6.73 Å². The minimum atomic E-state index is -1.07. The predicted molar refractivity (Wildman–Crippen MR) is 122 cm³/mol. The van der Waals surface area contributed by atoms with Crippen LogP contribution in [0.5, 0.6) is 0 Å². The normalized spacial score (nSPS) is 12.3. The third-order valence-corrected chi connectivity index (χ3v) is 6.56. The molecule has 2 aromatic carbocycles. The van der Waals surface area contributed by atoms with Gasteiger partial charge in [-0.25, -0.2) is 4.68 Å². The molecule has 0 fully saturated rings.